The van der Waals surface area contributed by atoms with Gasteiger partial charge in [0.1, 0.15) is 6.61 Å². The van der Waals surface area contributed by atoms with Crippen molar-refractivity contribution < 1.29 is 4.74 Å². The summed E-state index contributed by atoms with van der Waals surface area (Å²) in [5.41, 5.74) is 1.61. The number of nitrogens with zero attached hydrogens (tertiary/aromatic N) is 2. The first kappa shape index (κ1) is 9.72. The molecule has 3 heteroatoms. The van der Waals surface area contributed by atoms with Crippen molar-refractivity contribution in [1.82, 2.24) is 0 Å². The third-order valence-corrected chi connectivity index (χ3v) is 2.44. The van der Waals surface area contributed by atoms with Gasteiger partial charge in [-0.1, -0.05) is 6.92 Å². The SMILES string of the molecule is CC[C@@H]1COC(c2ccc(C#N)cc2)=N1. The third kappa shape index (κ3) is 1.99. The molecular weight excluding hydrogens is 188 g/mol. The fourth-order valence-corrected chi connectivity index (χ4v) is 1.47. The molecule has 15 heavy (non-hydrogen) atoms. The van der Waals surface area contributed by atoms with Gasteiger partial charge in [0.05, 0.1) is 17.7 Å². The van der Waals surface area contributed by atoms with E-state index in [0.29, 0.717) is 18.1 Å². The van der Waals surface area contributed by atoms with E-state index >= 15 is 0 Å². The van der Waals surface area contributed by atoms with Gasteiger partial charge >= 0.3 is 0 Å². The first-order chi connectivity index (χ1) is 7.33. The second-order valence-electron chi connectivity index (χ2n) is 3.50. The molecular formula is C12H12N2O. The Bertz CT molecular complexity index is 414. The Balaban J connectivity index is 2.21. The Morgan fingerprint density at radius 1 is 1.47 bits per heavy atom. The smallest absolute Gasteiger partial charge is 0.216 e. The van der Waals surface area contributed by atoms with E-state index in [9.17, 15) is 0 Å². The number of ether oxygens (including phenoxy) is 1. The van der Waals surface area contributed by atoms with Crippen LogP contribution in [-0.2, 0) is 4.74 Å². The fraction of sp³-hybridized carbons (Fsp3) is 0.333. The highest BCUT2D eigenvalue weighted by Crippen LogP contribution is 2.14. The molecule has 76 valence electrons. The molecule has 1 aromatic rings. The summed E-state index contributed by atoms with van der Waals surface area (Å²) in [5, 5.41) is 8.66. The van der Waals surface area contributed by atoms with E-state index in [1.165, 1.54) is 0 Å². The molecule has 2 rings (SSSR count). The predicted molar refractivity (Wildman–Crippen MR) is 57.7 cm³/mol. The van der Waals surface area contributed by atoms with Gasteiger partial charge in [0.15, 0.2) is 0 Å². The number of aliphatic imine (C=N–C) groups is 1. The van der Waals surface area contributed by atoms with E-state index in [0.717, 1.165) is 12.0 Å². The van der Waals surface area contributed by atoms with Crippen molar-refractivity contribution in [3.8, 4) is 6.07 Å². The Hall–Kier alpha value is -1.82. The molecule has 0 aromatic heterocycles. The monoisotopic (exact) mass is 200 g/mol. The Morgan fingerprint density at radius 3 is 2.73 bits per heavy atom. The van der Waals surface area contributed by atoms with E-state index < -0.39 is 0 Å². The van der Waals surface area contributed by atoms with Crippen LogP contribution in [-0.4, -0.2) is 18.5 Å². The van der Waals surface area contributed by atoms with E-state index in [1.54, 1.807) is 12.1 Å². The second-order valence-corrected chi connectivity index (χ2v) is 3.50. The summed E-state index contributed by atoms with van der Waals surface area (Å²) in [5.74, 6) is 0.700. The van der Waals surface area contributed by atoms with Crippen LogP contribution in [0.4, 0.5) is 0 Å². The zero-order valence-electron chi connectivity index (χ0n) is 8.60. The zero-order chi connectivity index (χ0) is 10.7. The third-order valence-electron chi connectivity index (χ3n) is 2.44. The van der Waals surface area contributed by atoms with Crippen LogP contribution in [0.2, 0.25) is 0 Å². The Labute approximate surface area is 89.0 Å². The van der Waals surface area contributed by atoms with Gasteiger partial charge in [-0.25, -0.2) is 4.99 Å². The minimum Gasteiger partial charge on any atom is -0.475 e. The molecule has 1 aliphatic rings. The van der Waals surface area contributed by atoms with Gasteiger partial charge in [-0.3, -0.25) is 0 Å². The summed E-state index contributed by atoms with van der Waals surface area (Å²) in [7, 11) is 0. The number of nitriles is 1. The highest BCUT2D eigenvalue weighted by Gasteiger charge is 2.17. The largest absolute Gasteiger partial charge is 0.475 e. The lowest BCUT2D eigenvalue weighted by Gasteiger charge is -2.00. The van der Waals surface area contributed by atoms with Crippen molar-refractivity contribution in [2.24, 2.45) is 4.99 Å². The molecule has 0 bridgehead atoms. The van der Waals surface area contributed by atoms with Crippen LogP contribution in [0.1, 0.15) is 24.5 Å². The van der Waals surface area contributed by atoms with Crippen LogP contribution in [0.25, 0.3) is 0 Å². The molecule has 0 saturated carbocycles. The fourth-order valence-electron chi connectivity index (χ4n) is 1.47. The molecule has 0 unspecified atom stereocenters. The molecule has 0 saturated heterocycles. The first-order valence-electron chi connectivity index (χ1n) is 5.04. The van der Waals surface area contributed by atoms with Crippen LogP contribution < -0.4 is 0 Å². The van der Waals surface area contributed by atoms with Crippen LogP contribution in [0, 0.1) is 11.3 Å². The quantitative estimate of drug-likeness (QED) is 0.734. The molecule has 3 nitrogen and oxygen atoms in total. The maximum Gasteiger partial charge on any atom is 0.216 e. The number of benzene rings is 1. The normalized spacial score (nSPS) is 19.2. The standard InChI is InChI=1S/C12H12N2O/c1-2-11-8-15-12(14-11)10-5-3-9(7-13)4-6-10/h3-6,11H,2,8H2,1H3/t11-/m1/s1. The Kier molecular flexibility index (Phi) is 2.68. The van der Waals surface area contributed by atoms with E-state index in [1.807, 2.05) is 12.1 Å². The van der Waals surface area contributed by atoms with Crippen molar-refractivity contribution >= 4 is 5.90 Å². The summed E-state index contributed by atoms with van der Waals surface area (Å²) in [4.78, 5) is 4.44. The van der Waals surface area contributed by atoms with Crippen LogP contribution in [0.5, 0.6) is 0 Å². The summed E-state index contributed by atoms with van der Waals surface area (Å²) >= 11 is 0. The lowest BCUT2D eigenvalue weighted by atomic mass is 10.1. The van der Waals surface area contributed by atoms with E-state index in [4.69, 9.17) is 10.00 Å². The summed E-state index contributed by atoms with van der Waals surface area (Å²) in [6.45, 7) is 2.77. The maximum atomic E-state index is 8.66. The average molecular weight is 200 g/mol. The van der Waals surface area contributed by atoms with Crippen molar-refractivity contribution in [1.29, 1.82) is 5.26 Å². The highest BCUT2D eigenvalue weighted by atomic mass is 16.5. The summed E-state index contributed by atoms with van der Waals surface area (Å²) in [6, 6.07) is 9.67. The molecule has 0 N–H and O–H groups in total. The lowest BCUT2D eigenvalue weighted by Crippen LogP contribution is -2.03. The maximum absolute atomic E-state index is 8.66. The molecule has 0 fully saturated rings. The van der Waals surface area contributed by atoms with Gasteiger partial charge in [0.25, 0.3) is 0 Å². The number of hydrogen-bond donors (Lipinski definition) is 0. The molecule has 1 aliphatic heterocycles. The highest BCUT2D eigenvalue weighted by molar-refractivity contribution is 5.95. The minimum atomic E-state index is 0.288. The number of rotatable bonds is 2. The van der Waals surface area contributed by atoms with Crippen LogP contribution in [0.15, 0.2) is 29.3 Å². The van der Waals surface area contributed by atoms with Crippen LogP contribution >= 0.6 is 0 Å². The first-order valence-corrected chi connectivity index (χ1v) is 5.04. The minimum absolute atomic E-state index is 0.288. The zero-order valence-corrected chi connectivity index (χ0v) is 8.60. The van der Waals surface area contributed by atoms with Crippen molar-refractivity contribution in [2.45, 2.75) is 19.4 Å². The lowest BCUT2D eigenvalue weighted by molar-refractivity contribution is 0.315. The van der Waals surface area contributed by atoms with Crippen molar-refractivity contribution in [3.05, 3.63) is 35.4 Å². The molecule has 0 radical (unpaired) electrons. The molecule has 0 aliphatic carbocycles. The van der Waals surface area contributed by atoms with E-state index in [-0.39, 0.29) is 6.04 Å². The van der Waals surface area contributed by atoms with Gasteiger partial charge in [-0.05, 0) is 30.7 Å². The van der Waals surface area contributed by atoms with E-state index in [2.05, 4.69) is 18.0 Å². The Morgan fingerprint density at radius 2 is 2.20 bits per heavy atom. The van der Waals surface area contributed by atoms with Gasteiger partial charge < -0.3 is 4.74 Å². The van der Waals surface area contributed by atoms with Crippen LogP contribution in [0.3, 0.4) is 0 Å². The average Bonchev–Trinajstić information content (AvgIpc) is 2.78. The summed E-state index contributed by atoms with van der Waals surface area (Å²) in [6.07, 6.45) is 1.000. The van der Waals surface area contributed by atoms with Crippen molar-refractivity contribution in [2.75, 3.05) is 6.61 Å². The van der Waals surface area contributed by atoms with Crippen molar-refractivity contribution in [3.63, 3.8) is 0 Å². The molecule has 1 atom stereocenters. The molecule has 0 spiro atoms. The molecule has 1 aromatic carbocycles. The molecule has 1 heterocycles. The van der Waals surface area contributed by atoms with Gasteiger partial charge in [-0.15, -0.1) is 0 Å². The molecule has 0 amide bonds. The summed E-state index contributed by atoms with van der Waals surface area (Å²) < 4.78 is 5.48. The second kappa shape index (κ2) is 4.14. The predicted octanol–water partition coefficient (Wildman–Crippen LogP) is 2.11. The van der Waals surface area contributed by atoms with Gasteiger partial charge in [0, 0.05) is 5.56 Å². The topological polar surface area (TPSA) is 45.4 Å². The van der Waals surface area contributed by atoms with Gasteiger partial charge in [0.2, 0.25) is 5.90 Å². The van der Waals surface area contributed by atoms with Gasteiger partial charge in [-0.2, -0.15) is 5.26 Å². The number of hydrogen-bond acceptors (Lipinski definition) is 3.